The van der Waals surface area contributed by atoms with E-state index in [0.717, 1.165) is 28.1 Å². The monoisotopic (exact) mass is 214 g/mol. The third-order valence-corrected chi connectivity index (χ3v) is 2.58. The molecule has 0 saturated carbocycles. The second kappa shape index (κ2) is 4.23. The van der Waals surface area contributed by atoms with Crippen LogP contribution in [0.4, 0.5) is 5.69 Å². The summed E-state index contributed by atoms with van der Waals surface area (Å²) >= 11 is 0. The van der Waals surface area contributed by atoms with Crippen LogP contribution in [0, 0.1) is 6.92 Å². The number of aromatic nitrogens is 1. The molecule has 0 aliphatic rings. The van der Waals surface area contributed by atoms with Gasteiger partial charge in [0.1, 0.15) is 5.75 Å². The first-order valence-corrected chi connectivity index (χ1v) is 5.07. The number of methoxy groups -OCH3 is 1. The van der Waals surface area contributed by atoms with Gasteiger partial charge in [0.15, 0.2) is 0 Å². The van der Waals surface area contributed by atoms with Crippen molar-refractivity contribution in [2.75, 3.05) is 12.8 Å². The molecule has 3 heteroatoms. The van der Waals surface area contributed by atoms with Crippen molar-refractivity contribution in [2.45, 2.75) is 6.92 Å². The number of ether oxygens (including phenoxy) is 1. The highest BCUT2D eigenvalue weighted by atomic mass is 16.5. The van der Waals surface area contributed by atoms with Crippen molar-refractivity contribution in [2.24, 2.45) is 0 Å². The van der Waals surface area contributed by atoms with Crippen molar-refractivity contribution >= 4 is 5.69 Å². The van der Waals surface area contributed by atoms with Gasteiger partial charge in [-0.05, 0) is 36.2 Å². The van der Waals surface area contributed by atoms with Crippen molar-refractivity contribution < 1.29 is 4.74 Å². The zero-order valence-electron chi connectivity index (χ0n) is 9.40. The SMILES string of the molecule is COc1ccc(-c2cnccc2N)c(C)c1. The van der Waals surface area contributed by atoms with E-state index in [-0.39, 0.29) is 0 Å². The number of pyridine rings is 1. The molecule has 2 aromatic rings. The second-order valence-electron chi connectivity index (χ2n) is 3.64. The molecule has 0 atom stereocenters. The van der Waals surface area contributed by atoms with Crippen molar-refractivity contribution in [3.05, 3.63) is 42.2 Å². The number of nitrogens with two attached hydrogens (primary N) is 1. The molecule has 0 unspecified atom stereocenters. The number of anilines is 1. The molecule has 82 valence electrons. The molecule has 1 aromatic heterocycles. The fraction of sp³-hybridized carbons (Fsp3) is 0.154. The number of benzene rings is 1. The van der Waals surface area contributed by atoms with Crippen LogP contribution in [0.2, 0.25) is 0 Å². The second-order valence-corrected chi connectivity index (χ2v) is 3.64. The summed E-state index contributed by atoms with van der Waals surface area (Å²) in [7, 11) is 1.66. The molecule has 1 heterocycles. The molecule has 1 aromatic carbocycles. The maximum atomic E-state index is 5.92. The lowest BCUT2D eigenvalue weighted by molar-refractivity contribution is 0.414. The van der Waals surface area contributed by atoms with Crippen molar-refractivity contribution in [3.8, 4) is 16.9 Å². The van der Waals surface area contributed by atoms with E-state index >= 15 is 0 Å². The van der Waals surface area contributed by atoms with Gasteiger partial charge in [0, 0.05) is 23.6 Å². The zero-order chi connectivity index (χ0) is 11.5. The molecule has 0 saturated heterocycles. The molecule has 0 bridgehead atoms. The van der Waals surface area contributed by atoms with Gasteiger partial charge in [0.2, 0.25) is 0 Å². The molecule has 3 nitrogen and oxygen atoms in total. The minimum absolute atomic E-state index is 0.739. The van der Waals surface area contributed by atoms with Crippen molar-refractivity contribution in [1.82, 2.24) is 4.98 Å². The van der Waals surface area contributed by atoms with Crippen LogP contribution < -0.4 is 10.5 Å². The van der Waals surface area contributed by atoms with E-state index in [2.05, 4.69) is 4.98 Å². The maximum absolute atomic E-state index is 5.92. The van der Waals surface area contributed by atoms with E-state index in [1.54, 1.807) is 25.6 Å². The number of rotatable bonds is 2. The normalized spacial score (nSPS) is 10.1. The van der Waals surface area contributed by atoms with Crippen molar-refractivity contribution in [3.63, 3.8) is 0 Å². The number of hydrogen-bond acceptors (Lipinski definition) is 3. The summed E-state index contributed by atoms with van der Waals surface area (Å²) in [6.07, 6.45) is 3.47. The van der Waals surface area contributed by atoms with Gasteiger partial charge in [0.25, 0.3) is 0 Å². The first-order chi connectivity index (χ1) is 7.72. The van der Waals surface area contributed by atoms with Gasteiger partial charge in [-0.15, -0.1) is 0 Å². The van der Waals surface area contributed by atoms with Gasteiger partial charge in [0.05, 0.1) is 7.11 Å². The predicted molar refractivity (Wildman–Crippen MR) is 65.4 cm³/mol. The number of hydrogen-bond donors (Lipinski definition) is 1. The minimum atomic E-state index is 0.739. The Morgan fingerprint density at radius 2 is 2.00 bits per heavy atom. The zero-order valence-corrected chi connectivity index (χ0v) is 9.40. The van der Waals surface area contributed by atoms with Crippen LogP contribution in [-0.4, -0.2) is 12.1 Å². The van der Waals surface area contributed by atoms with Crippen LogP contribution in [-0.2, 0) is 0 Å². The molecule has 16 heavy (non-hydrogen) atoms. The Morgan fingerprint density at radius 1 is 1.19 bits per heavy atom. The van der Waals surface area contributed by atoms with Crippen LogP contribution >= 0.6 is 0 Å². The molecule has 0 radical (unpaired) electrons. The average molecular weight is 214 g/mol. The largest absolute Gasteiger partial charge is 0.497 e. The van der Waals surface area contributed by atoms with E-state index in [1.165, 1.54) is 0 Å². The highest BCUT2D eigenvalue weighted by Crippen LogP contribution is 2.29. The Kier molecular flexibility index (Phi) is 2.77. The van der Waals surface area contributed by atoms with Gasteiger partial charge in [-0.3, -0.25) is 4.98 Å². The minimum Gasteiger partial charge on any atom is -0.497 e. The first kappa shape index (κ1) is 10.5. The number of aryl methyl sites for hydroxylation is 1. The molecule has 2 rings (SSSR count). The van der Waals surface area contributed by atoms with E-state index in [0.29, 0.717) is 0 Å². The summed E-state index contributed by atoms with van der Waals surface area (Å²) in [5, 5.41) is 0. The van der Waals surface area contributed by atoms with E-state index in [9.17, 15) is 0 Å². The lowest BCUT2D eigenvalue weighted by Gasteiger charge is -2.09. The van der Waals surface area contributed by atoms with Gasteiger partial charge < -0.3 is 10.5 Å². The predicted octanol–water partition coefficient (Wildman–Crippen LogP) is 2.65. The molecular formula is C13H14N2O. The summed E-state index contributed by atoms with van der Waals surface area (Å²) in [4.78, 5) is 4.09. The Hall–Kier alpha value is -2.03. The van der Waals surface area contributed by atoms with Gasteiger partial charge in [-0.1, -0.05) is 6.07 Å². The summed E-state index contributed by atoms with van der Waals surface area (Å²) in [5.41, 5.74) is 9.83. The molecular weight excluding hydrogens is 200 g/mol. The fourth-order valence-electron chi connectivity index (χ4n) is 1.70. The topological polar surface area (TPSA) is 48.1 Å². The Balaban J connectivity index is 2.53. The van der Waals surface area contributed by atoms with Gasteiger partial charge >= 0.3 is 0 Å². The Labute approximate surface area is 94.9 Å². The number of nitrogen functional groups attached to an aromatic ring is 1. The summed E-state index contributed by atoms with van der Waals surface area (Å²) in [6, 6.07) is 7.72. The quantitative estimate of drug-likeness (QED) is 0.836. The van der Waals surface area contributed by atoms with E-state index in [1.807, 2.05) is 25.1 Å². The molecule has 2 N–H and O–H groups in total. The van der Waals surface area contributed by atoms with Crippen LogP contribution in [0.5, 0.6) is 5.75 Å². The summed E-state index contributed by atoms with van der Waals surface area (Å²) < 4.78 is 5.17. The molecule has 0 spiro atoms. The molecule has 0 amide bonds. The maximum Gasteiger partial charge on any atom is 0.119 e. The lowest BCUT2D eigenvalue weighted by Crippen LogP contribution is -1.93. The smallest absolute Gasteiger partial charge is 0.119 e. The number of nitrogens with zero attached hydrogens (tertiary/aromatic N) is 1. The Morgan fingerprint density at radius 3 is 2.62 bits per heavy atom. The average Bonchev–Trinajstić information content (AvgIpc) is 2.30. The van der Waals surface area contributed by atoms with E-state index < -0.39 is 0 Å². The third kappa shape index (κ3) is 1.84. The molecule has 0 aliphatic carbocycles. The van der Waals surface area contributed by atoms with Gasteiger partial charge in [-0.2, -0.15) is 0 Å². The van der Waals surface area contributed by atoms with Crippen molar-refractivity contribution in [1.29, 1.82) is 0 Å². The van der Waals surface area contributed by atoms with Crippen LogP contribution in [0.3, 0.4) is 0 Å². The van der Waals surface area contributed by atoms with Crippen LogP contribution in [0.1, 0.15) is 5.56 Å². The lowest BCUT2D eigenvalue weighted by atomic mass is 10.0. The molecule has 0 aliphatic heterocycles. The first-order valence-electron chi connectivity index (χ1n) is 5.07. The standard InChI is InChI=1S/C13H14N2O/c1-9-7-10(16-2)3-4-11(9)12-8-15-6-5-13(12)14/h3-8H,1-2H3,(H2,14,15). The highest BCUT2D eigenvalue weighted by Gasteiger charge is 2.06. The molecule has 0 fully saturated rings. The summed E-state index contributed by atoms with van der Waals surface area (Å²) in [5.74, 6) is 0.851. The van der Waals surface area contributed by atoms with Crippen LogP contribution in [0.25, 0.3) is 11.1 Å². The summed E-state index contributed by atoms with van der Waals surface area (Å²) in [6.45, 7) is 2.03. The fourth-order valence-corrected chi connectivity index (χ4v) is 1.70. The highest BCUT2D eigenvalue weighted by molar-refractivity contribution is 5.77. The van der Waals surface area contributed by atoms with Crippen LogP contribution in [0.15, 0.2) is 36.7 Å². The third-order valence-electron chi connectivity index (χ3n) is 2.58. The van der Waals surface area contributed by atoms with E-state index in [4.69, 9.17) is 10.5 Å². The van der Waals surface area contributed by atoms with Gasteiger partial charge in [-0.25, -0.2) is 0 Å². The Bertz CT molecular complexity index is 509.